The van der Waals surface area contributed by atoms with Gasteiger partial charge in [0.25, 0.3) is 0 Å². The Morgan fingerprint density at radius 2 is 1.71 bits per heavy atom. The molecular formula is C18H24N2O3S. The highest BCUT2D eigenvalue weighted by Gasteiger charge is 2.09. The second kappa shape index (κ2) is 7.57. The summed E-state index contributed by atoms with van der Waals surface area (Å²) in [5.41, 5.74) is 3.74. The van der Waals surface area contributed by atoms with Crippen molar-refractivity contribution >= 4 is 21.1 Å². The molecule has 0 bridgehead atoms. The Balaban J connectivity index is 2.28. The van der Waals surface area contributed by atoms with E-state index in [-0.39, 0.29) is 0 Å². The van der Waals surface area contributed by atoms with Crippen molar-refractivity contribution in [1.29, 1.82) is 0 Å². The highest BCUT2D eigenvalue weighted by molar-refractivity contribution is 7.92. The van der Waals surface area contributed by atoms with Crippen LogP contribution in [0.1, 0.15) is 11.1 Å². The van der Waals surface area contributed by atoms with Crippen LogP contribution in [-0.2, 0) is 16.3 Å². The molecular weight excluding hydrogens is 324 g/mol. The first kappa shape index (κ1) is 18.1. The number of para-hydroxylation sites is 1. The van der Waals surface area contributed by atoms with Crippen LogP contribution in [0.3, 0.4) is 0 Å². The molecule has 0 heterocycles. The second-order valence-electron chi connectivity index (χ2n) is 5.78. The summed E-state index contributed by atoms with van der Waals surface area (Å²) in [6, 6.07) is 11.5. The molecule has 2 aromatic carbocycles. The van der Waals surface area contributed by atoms with Gasteiger partial charge in [0.2, 0.25) is 0 Å². The summed E-state index contributed by atoms with van der Waals surface area (Å²) in [5.74, 6) is 1.41. The van der Waals surface area contributed by atoms with Crippen LogP contribution in [0.15, 0.2) is 40.8 Å². The van der Waals surface area contributed by atoms with E-state index < -0.39 is 9.73 Å². The van der Waals surface area contributed by atoms with Crippen LogP contribution in [0.25, 0.3) is 0 Å². The van der Waals surface area contributed by atoms with Crippen LogP contribution in [0.2, 0.25) is 0 Å². The van der Waals surface area contributed by atoms with Crippen LogP contribution in [0, 0.1) is 6.92 Å². The monoisotopic (exact) mass is 348 g/mol. The number of methoxy groups -OCH3 is 2. The van der Waals surface area contributed by atoms with Gasteiger partial charge in [-0.15, -0.1) is 0 Å². The van der Waals surface area contributed by atoms with E-state index in [2.05, 4.69) is 9.68 Å². The Labute approximate surface area is 144 Å². The summed E-state index contributed by atoms with van der Waals surface area (Å²) in [6.07, 6.45) is 3.25. The molecule has 0 spiro atoms. The molecule has 5 nitrogen and oxygen atoms in total. The quantitative estimate of drug-likeness (QED) is 0.858. The van der Waals surface area contributed by atoms with Gasteiger partial charge < -0.3 is 14.8 Å². The summed E-state index contributed by atoms with van der Waals surface area (Å²) in [4.78, 5) is 0. The number of ether oxygens (including phenoxy) is 2. The van der Waals surface area contributed by atoms with Crippen LogP contribution in [0.4, 0.5) is 11.4 Å². The molecule has 0 fully saturated rings. The molecule has 130 valence electrons. The zero-order chi connectivity index (χ0) is 17.7. The lowest BCUT2D eigenvalue weighted by Crippen LogP contribution is -2.03. The topological polar surface area (TPSA) is 59.9 Å². The molecule has 0 aliphatic heterocycles. The molecule has 0 atom stereocenters. The fourth-order valence-corrected chi connectivity index (χ4v) is 2.98. The zero-order valence-electron chi connectivity index (χ0n) is 14.8. The largest absolute Gasteiger partial charge is 0.493 e. The van der Waals surface area contributed by atoms with Gasteiger partial charge in [-0.05, 0) is 42.3 Å². The predicted molar refractivity (Wildman–Crippen MR) is 100 cm³/mol. The minimum atomic E-state index is -2.21. The first-order valence-corrected chi connectivity index (χ1v) is 9.88. The van der Waals surface area contributed by atoms with E-state index in [9.17, 15) is 4.21 Å². The van der Waals surface area contributed by atoms with Crippen LogP contribution in [0.5, 0.6) is 11.5 Å². The van der Waals surface area contributed by atoms with E-state index in [0.29, 0.717) is 23.7 Å². The van der Waals surface area contributed by atoms with Gasteiger partial charge in [-0.25, -0.2) is 4.21 Å². The number of benzene rings is 2. The number of hydrogen-bond donors (Lipinski definition) is 1. The second-order valence-corrected chi connectivity index (χ2v) is 8.32. The number of nitrogens with one attached hydrogen (secondary N) is 1. The zero-order valence-corrected chi connectivity index (χ0v) is 15.6. The molecule has 2 rings (SSSR count). The maximum atomic E-state index is 12.0. The lowest BCUT2D eigenvalue weighted by Gasteiger charge is -2.15. The van der Waals surface area contributed by atoms with Gasteiger partial charge in [0, 0.05) is 28.8 Å². The molecule has 24 heavy (non-hydrogen) atoms. The smallest absolute Gasteiger partial charge is 0.161 e. The third-order valence-corrected chi connectivity index (χ3v) is 4.17. The minimum absolute atomic E-state index is 0.605. The summed E-state index contributed by atoms with van der Waals surface area (Å²) >= 11 is 0. The standard InChI is InChI=1S/C18H24N2O3S/c1-13-10-17(22-2)18(23-3)11-14(13)12-19-15-8-6-7-9-16(15)20-24(4,5)21/h6-11,19H,12H2,1-5H3. The fraction of sp³-hybridized carbons (Fsp3) is 0.333. The van der Waals surface area contributed by atoms with E-state index in [1.165, 1.54) is 0 Å². The van der Waals surface area contributed by atoms with Crippen LogP contribution in [-0.4, -0.2) is 30.9 Å². The SMILES string of the molecule is COc1cc(C)c(CNc2ccccc2N=S(C)(C)=O)cc1OC. The third-order valence-electron chi connectivity index (χ3n) is 3.53. The number of nitrogens with zero attached hydrogens (tertiary/aromatic N) is 1. The van der Waals surface area contributed by atoms with E-state index in [1.54, 1.807) is 26.7 Å². The van der Waals surface area contributed by atoms with Crippen LogP contribution >= 0.6 is 0 Å². The highest BCUT2D eigenvalue weighted by Crippen LogP contribution is 2.31. The van der Waals surface area contributed by atoms with Gasteiger partial charge in [0.15, 0.2) is 11.5 Å². The van der Waals surface area contributed by atoms with E-state index in [1.807, 2.05) is 43.3 Å². The molecule has 0 saturated carbocycles. The lowest BCUT2D eigenvalue weighted by atomic mass is 10.1. The Morgan fingerprint density at radius 1 is 1.08 bits per heavy atom. The molecule has 0 radical (unpaired) electrons. The summed E-state index contributed by atoms with van der Waals surface area (Å²) in [5, 5.41) is 3.37. The van der Waals surface area contributed by atoms with E-state index in [4.69, 9.17) is 9.47 Å². The Bertz CT molecular complexity index is 832. The Morgan fingerprint density at radius 3 is 2.33 bits per heavy atom. The Kier molecular flexibility index (Phi) is 5.72. The molecule has 0 aromatic heterocycles. The maximum absolute atomic E-state index is 12.0. The Hall–Kier alpha value is -2.21. The highest BCUT2D eigenvalue weighted by atomic mass is 32.2. The third kappa shape index (κ3) is 4.64. The average Bonchev–Trinajstić information content (AvgIpc) is 2.53. The average molecular weight is 348 g/mol. The molecule has 2 aromatic rings. The summed E-state index contributed by atoms with van der Waals surface area (Å²) in [6.45, 7) is 2.63. The molecule has 0 aliphatic carbocycles. The van der Waals surface area contributed by atoms with Crippen LogP contribution < -0.4 is 14.8 Å². The molecule has 6 heteroatoms. The van der Waals surface area contributed by atoms with Gasteiger partial charge in [0.05, 0.1) is 25.6 Å². The van der Waals surface area contributed by atoms with Crippen molar-refractivity contribution in [2.75, 3.05) is 32.0 Å². The fourth-order valence-electron chi connectivity index (χ4n) is 2.34. The normalized spacial score (nSPS) is 11.0. The molecule has 0 amide bonds. The lowest BCUT2D eigenvalue weighted by molar-refractivity contribution is 0.354. The minimum Gasteiger partial charge on any atom is -0.493 e. The predicted octanol–water partition coefficient (Wildman–Crippen LogP) is 3.98. The van der Waals surface area contributed by atoms with Gasteiger partial charge >= 0.3 is 0 Å². The number of aryl methyl sites for hydroxylation is 1. The summed E-state index contributed by atoms with van der Waals surface area (Å²) < 4.78 is 27.0. The van der Waals surface area contributed by atoms with E-state index in [0.717, 1.165) is 16.8 Å². The molecule has 0 aliphatic rings. The van der Waals surface area contributed by atoms with Gasteiger partial charge in [-0.2, -0.15) is 4.36 Å². The van der Waals surface area contributed by atoms with Crippen molar-refractivity contribution in [3.63, 3.8) is 0 Å². The van der Waals surface area contributed by atoms with Crippen molar-refractivity contribution in [3.8, 4) is 11.5 Å². The first-order valence-electron chi connectivity index (χ1n) is 7.55. The first-order chi connectivity index (χ1) is 11.3. The van der Waals surface area contributed by atoms with Crippen molar-refractivity contribution < 1.29 is 13.7 Å². The van der Waals surface area contributed by atoms with Crippen molar-refractivity contribution in [1.82, 2.24) is 0 Å². The van der Waals surface area contributed by atoms with Gasteiger partial charge in [-0.3, -0.25) is 0 Å². The van der Waals surface area contributed by atoms with Crippen molar-refractivity contribution in [3.05, 3.63) is 47.5 Å². The van der Waals surface area contributed by atoms with Crippen molar-refractivity contribution in [2.24, 2.45) is 4.36 Å². The molecule has 1 N–H and O–H groups in total. The number of rotatable bonds is 6. The maximum Gasteiger partial charge on any atom is 0.161 e. The molecule has 0 saturated heterocycles. The van der Waals surface area contributed by atoms with E-state index >= 15 is 0 Å². The van der Waals surface area contributed by atoms with Gasteiger partial charge in [-0.1, -0.05) is 12.1 Å². The van der Waals surface area contributed by atoms with Crippen molar-refractivity contribution in [2.45, 2.75) is 13.5 Å². The summed E-state index contributed by atoms with van der Waals surface area (Å²) in [7, 11) is 1.04. The number of anilines is 1. The number of hydrogen-bond acceptors (Lipinski definition) is 5. The van der Waals surface area contributed by atoms with Gasteiger partial charge in [0.1, 0.15) is 0 Å². The molecule has 0 unspecified atom stereocenters.